The van der Waals surface area contributed by atoms with E-state index in [4.69, 9.17) is 4.74 Å². The monoisotopic (exact) mass is 340 g/mol. The van der Waals surface area contributed by atoms with Gasteiger partial charge in [-0.1, -0.05) is 19.9 Å². The van der Waals surface area contributed by atoms with Crippen LogP contribution in [0.25, 0.3) is 0 Å². The third-order valence-electron chi connectivity index (χ3n) is 2.66. The summed E-state index contributed by atoms with van der Waals surface area (Å²) in [7, 11) is -5.72. The lowest BCUT2D eigenvalue weighted by molar-refractivity contribution is -0.142. The summed E-state index contributed by atoms with van der Waals surface area (Å²) in [5.74, 6) is -1.09. The molecule has 0 saturated heterocycles. The van der Waals surface area contributed by atoms with E-state index in [-0.39, 0.29) is 12.5 Å². The smallest absolute Gasteiger partial charge is 0.461 e. The molecule has 0 atom stereocenters. The molecule has 0 amide bonds. The first-order valence-electron chi connectivity index (χ1n) is 6.21. The molecular formula is C13H15F3O5S. The van der Waals surface area contributed by atoms with Crippen LogP contribution < -0.4 is 4.18 Å². The van der Waals surface area contributed by atoms with Gasteiger partial charge in [0.2, 0.25) is 0 Å². The number of halogens is 3. The van der Waals surface area contributed by atoms with Crippen LogP contribution >= 0.6 is 0 Å². The second kappa shape index (κ2) is 6.55. The fraction of sp³-hybridized carbons (Fsp3) is 0.462. The molecule has 0 fully saturated rings. The van der Waals surface area contributed by atoms with Crippen molar-refractivity contribution in [2.24, 2.45) is 0 Å². The Morgan fingerprint density at radius 2 is 1.86 bits per heavy atom. The zero-order valence-corrected chi connectivity index (χ0v) is 12.9. The Morgan fingerprint density at radius 1 is 1.27 bits per heavy atom. The maximum Gasteiger partial charge on any atom is 0.534 e. The van der Waals surface area contributed by atoms with E-state index in [2.05, 4.69) is 4.18 Å². The Balaban J connectivity index is 3.11. The average Bonchev–Trinajstić information content (AvgIpc) is 2.35. The second-order valence-corrected chi connectivity index (χ2v) is 6.32. The molecule has 22 heavy (non-hydrogen) atoms. The van der Waals surface area contributed by atoms with Crippen LogP contribution in [0.3, 0.4) is 0 Å². The van der Waals surface area contributed by atoms with Crippen molar-refractivity contribution >= 4 is 16.1 Å². The van der Waals surface area contributed by atoms with Crippen LogP contribution in [-0.2, 0) is 26.3 Å². The van der Waals surface area contributed by atoms with Gasteiger partial charge >= 0.3 is 21.6 Å². The van der Waals surface area contributed by atoms with E-state index in [9.17, 15) is 26.4 Å². The van der Waals surface area contributed by atoms with E-state index in [0.29, 0.717) is 11.1 Å². The zero-order valence-electron chi connectivity index (χ0n) is 12.1. The lowest BCUT2D eigenvalue weighted by Gasteiger charge is -2.15. The Morgan fingerprint density at radius 3 is 2.32 bits per heavy atom. The molecule has 0 aliphatic heterocycles. The standard InChI is InChI=1S/C13H15F3O5S/c1-8(2)12-6-11(21-22(18,19)13(14,15)16)5-4-10(12)7-20-9(3)17/h4-6,8H,7H2,1-3H3. The highest BCUT2D eigenvalue weighted by molar-refractivity contribution is 7.88. The predicted molar refractivity (Wildman–Crippen MR) is 71.6 cm³/mol. The Labute approximate surface area is 126 Å². The van der Waals surface area contributed by atoms with Crippen molar-refractivity contribution in [1.29, 1.82) is 0 Å². The van der Waals surface area contributed by atoms with Crippen LogP contribution in [0.4, 0.5) is 13.2 Å². The number of benzene rings is 1. The van der Waals surface area contributed by atoms with Gasteiger partial charge in [0, 0.05) is 6.92 Å². The summed E-state index contributed by atoms with van der Waals surface area (Å²) in [6.07, 6.45) is 0. The van der Waals surface area contributed by atoms with Crippen molar-refractivity contribution in [2.75, 3.05) is 0 Å². The van der Waals surface area contributed by atoms with Crippen molar-refractivity contribution in [1.82, 2.24) is 0 Å². The van der Waals surface area contributed by atoms with Gasteiger partial charge in [-0.3, -0.25) is 4.79 Å². The minimum absolute atomic E-state index is 0.0604. The first-order valence-corrected chi connectivity index (χ1v) is 7.62. The lowest BCUT2D eigenvalue weighted by atomic mass is 9.97. The molecule has 0 spiro atoms. The van der Waals surface area contributed by atoms with E-state index >= 15 is 0 Å². The normalized spacial score (nSPS) is 12.3. The highest BCUT2D eigenvalue weighted by atomic mass is 32.2. The van der Waals surface area contributed by atoms with Gasteiger partial charge in [0.1, 0.15) is 12.4 Å². The first kappa shape index (κ1) is 18.3. The third kappa shape index (κ3) is 4.62. The number of carbonyl (C=O) groups excluding carboxylic acids is 1. The van der Waals surface area contributed by atoms with Crippen molar-refractivity contribution in [3.63, 3.8) is 0 Å². The molecule has 0 N–H and O–H groups in total. The summed E-state index contributed by atoms with van der Waals surface area (Å²) in [4.78, 5) is 10.8. The molecule has 9 heteroatoms. The molecule has 0 unspecified atom stereocenters. The molecular weight excluding hydrogens is 325 g/mol. The number of esters is 1. The number of hydrogen-bond acceptors (Lipinski definition) is 5. The Kier molecular flexibility index (Phi) is 5.44. The van der Waals surface area contributed by atoms with Crippen LogP contribution in [0.5, 0.6) is 5.75 Å². The Hall–Kier alpha value is -1.77. The predicted octanol–water partition coefficient (Wildman–Crippen LogP) is 3.10. The third-order valence-corrected chi connectivity index (χ3v) is 3.64. The van der Waals surface area contributed by atoms with E-state index < -0.39 is 27.3 Å². The lowest BCUT2D eigenvalue weighted by Crippen LogP contribution is -2.28. The highest BCUT2D eigenvalue weighted by Crippen LogP contribution is 2.30. The van der Waals surface area contributed by atoms with Crippen molar-refractivity contribution in [3.05, 3.63) is 29.3 Å². The van der Waals surface area contributed by atoms with Crippen LogP contribution in [-0.4, -0.2) is 19.9 Å². The van der Waals surface area contributed by atoms with Gasteiger partial charge in [-0.05, 0) is 29.2 Å². The van der Waals surface area contributed by atoms with E-state index in [1.807, 2.05) is 0 Å². The average molecular weight is 340 g/mol. The second-order valence-electron chi connectivity index (χ2n) is 4.78. The van der Waals surface area contributed by atoms with Crippen LogP contribution in [0.2, 0.25) is 0 Å². The van der Waals surface area contributed by atoms with E-state index in [1.165, 1.54) is 19.1 Å². The van der Waals surface area contributed by atoms with Gasteiger partial charge in [0.15, 0.2) is 0 Å². The van der Waals surface area contributed by atoms with Crippen molar-refractivity contribution in [3.8, 4) is 5.75 Å². The van der Waals surface area contributed by atoms with Crippen LogP contribution in [0.1, 0.15) is 37.8 Å². The van der Waals surface area contributed by atoms with Gasteiger partial charge in [-0.15, -0.1) is 0 Å². The molecule has 0 bridgehead atoms. The van der Waals surface area contributed by atoms with Gasteiger partial charge in [0.05, 0.1) is 0 Å². The van der Waals surface area contributed by atoms with Gasteiger partial charge in [-0.2, -0.15) is 21.6 Å². The molecule has 0 saturated carbocycles. The highest BCUT2D eigenvalue weighted by Gasteiger charge is 2.48. The molecule has 124 valence electrons. The maximum atomic E-state index is 12.3. The minimum atomic E-state index is -5.72. The fourth-order valence-corrected chi connectivity index (χ4v) is 2.10. The van der Waals surface area contributed by atoms with E-state index in [0.717, 1.165) is 6.07 Å². The number of carbonyl (C=O) groups is 1. The maximum absolute atomic E-state index is 12.3. The zero-order chi connectivity index (χ0) is 17.1. The summed E-state index contributed by atoms with van der Waals surface area (Å²) in [5, 5.41) is 0. The van der Waals surface area contributed by atoms with Crippen LogP contribution in [0.15, 0.2) is 18.2 Å². The SMILES string of the molecule is CC(=O)OCc1ccc(OS(=O)(=O)C(F)(F)F)cc1C(C)C. The number of hydrogen-bond donors (Lipinski definition) is 0. The molecule has 0 heterocycles. The number of rotatable bonds is 5. The van der Waals surface area contributed by atoms with Crippen LogP contribution in [0, 0.1) is 0 Å². The van der Waals surface area contributed by atoms with Crippen molar-refractivity contribution < 1.29 is 35.3 Å². The molecule has 0 aromatic heterocycles. The molecule has 0 aliphatic rings. The summed E-state index contributed by atoms with van der Waals surface area (Å²) in [5.41, 5.74) is -4.42. The summed E-state index contributed by atoms with van der Waals surface area (Å²) in [6, 6.07) is 3.63. The number of alkyl halides is 3. The summed E-state index contributed by atoms with van der Waals surface area (Å²) >= 11 is 0. The Bertz CT molecular complexity index is 650. The van der Waals surface area contributed by atoms with Gasteiger partial charge in [0.25, 0.3) is 0 Å². The fourth-order valence-electron chi connectivity index (χ4n) is 1.65. The van der Waals surface area contributed by atoms with Crippen molar-refractivity contribution in [2.45, 2.75) is 38.8 Å². The van der Waals surface area contributed by atoms with E-state index in [1.54, 1.807) is 13.8 Å². The van der Waals surface area contributed by atoms with Gasteiger partial charge in [-0.25, -0.2) is 0 Å². The molecule has 1 aromatic rings. The molecule has 0 radical (unpaired) electrons. The molecule has 0 aliphatic carbocycles. The molecule has 1 rings (SSSR count). The first-order chi connectivity index (χ1) is 9.94. The summed E-state index contributed by atoms with van der Waals surface area (Å²) < 4.78 is 67.8. The quantitative estimate of drug-likeness (QED) is 0.468. The summed E-state index contributed by atoms with van der Waals surface area (Å²) in [6.45, 7) is 4.68. The minimum Gasteiger partial charge on any atom is -0.461 e. The topological polar surface area (TPSA) is 69.7 Å². The molecule has 1 aromatic carbocycles. The largest absolute Gasteiger partial charge is 0.534 e. The molecule has 5 nitrogen and oxygen atoms in total. The number of ether oxygens (including phenoxy) is 1. The van der Waals surface area contributed by atoms with Gasteiger partial charge < -0.3 is 8.92 Å².